The van der Waals surface area contributed by atoms with Gasteiger partial charge in [-0.05, 0) is 61.0 Å². The van der Waals surface area contributed by atoms with Gasteiger partial charge in [0.15, 0.2) is 0 Å². The van der Waals surface area contributed by atoms with Crippen LogP contribution in [0.25, 0.3) is 0 Å². The van der Waals surface area contributed by atoms with Crippen LogP contribution >= 0.6 is 11.5 Å². The van der Waals surface area contributed by atoms with E-state index < -0.39 is 0 Å². The van der Waals surface area contributed by atoms with Crippen molar-refractivity contribution >= 4 is 11.5 Å². The van der Waals surface area contributed by atoms with Crippen LogP contribution in [0.2, 0.25) is 0 Å². The Hall–Kier alpha value is -0.370. The number of unbranched alkanes of at least 4 members (excludes halogenated alkanes) is 6. The summed E-state index contributed by atoms with van der Waals surface area (Å²) in [6, 6.07) is 0. The Kier molecular flexibility index (Phi) is 10.0. The fraction of sp³-hybridized carbons (Fsp3) is 0.864. The van der Waals surface area contributed by atoms with Crippen LogP contribution in [0.15, 0.2) is 6.20 Å². The number of hydrogen-bond acceptors (Lipinski definition) is 2. The summed E-state index contributed by atoms with van der Waals surface area (Å²) in [5, 5.41) is 0. The Morgan fingerprint density at radius 3 is 2.46 bits per heavy atom. The van der Waals surface area contributed by atoms with Gasteiger partial charge in [-0.2, -0.15) is 0 Å². The minimum atomic E-state index is 0.975. The number of aryl methyl sites for hydroxylation is 2. The third-order valence-corrected chi connectivity index (χ3v) is 6.91. The van der Waals surface area contributed by atoms with Gasteiger partial charge in [0.25, 0.3) is 0 Å². The summed E-state index contributed by atoms with van der Waals surface area (Å²) >= 11 is 1.76. The van der Waals surface area contributed by atoms with Crippen LogP contribution in [-0.2, 0) is 12.8 Å². The Bertz CT molecular complexity index is 425. The third-order valence-electron chi connectivity index (χ3n) is 6.02. The molecule has 0 aromatic carbocycles. The van der Waals surface area contributed by atoms with Crippen molar-refractivity contribution in [2.24, 2.45) is 11.8 Å². The molecule has 0 fully saturated rings. The molecule has 0 saturated heterocycles. The van der Waals surface area contributed by atoms with Crippen LogP contribution in [0.5, 0.6) is 0 Å². The minimum Gasteiger partial charge on any atom is -0.201 e. The summed E-state index contributed by atoms with van der Waals surface area (Å²) in [6.07, 6.45) is 23.4. The maximum atomic E-state index is 4.44. The molecule has 1 nitrogen and oxygen atoms in total. The second kappa shape index (κ2) is 12.1. The van der Waals surface area contributed by atoms with Gasteiger partial charge in [0.05, 0.1) is 0 Å². The predicted molar refractivity (Wildman–Crippen MR) is 108 cm³/mol. The molecule has 0 radical (unpaired) electrons. The van der Waals surface area contributed by atoms with Crippen molar-refractivity contribution < 1.29 is 0 Å². The molecule has 1 aliphatic rings. The number of fused-ring (bicyclic) bond motifs is 1. The summed E-state index contributed by atoms with van der Waals surface area (Å²) < 4.78 is 4.44. The van der Waals surface area contributed by atoms with Crippen molar-refractivity contribution in [1.29, 1.82) is 0 Å². The largest absolute Gasteiger partial charge is 0.201 e. The van der Waals surface area contributed by atoms with Crippen molar-refractivity contribution in [1.82, 2.24) is 4.37 Å². The van der Waals surface area contributed by atoms with Crippen LogP contribution in [-0.4, -0.2) is 4.37 Å². The Balaban J connectivity index is 1.84. The van der Waals surface area contributed by atoms with Crippen LogP contribution in [0.1, 0.15) is 108 Å². The summed E-state index contributed by atoms with van der Waals surface area (Å²) in [4.78, 5) is 1.59. The van der Waals surface area contributed by atoms with Crippen LogP contribution in [0.4, 0.5) is 0 Å². The van der Waals surface area contributed by atoms with E-state index in [1.54, 1.807) is 22.0 Å². The van der Waals surface area contributed by atoms with Crippen molar-refractivity contribution in [2.45, 2.75) is 110 Å². The summed E-state index contributed by atoms with van der Waals surface area (Å²) in [5.74, 6) is 1.97. The molecule has 1 unspecified atom stereocenters. The molecular weight excluding hydrogens is 310 g/mol. The average molecular weight is 350 g/mol. The van der Waals surface area contributed by atoms with E-state index >= 15 is 0 Å². The predicted octanol–water partition coefficient (Wildman–Crippen LogP) is 7.59. The van der Waals surface area contributed by atoms with Crippen LogP contribution in [0.3, 0.4) is 0 Å². The minimum absolute atomic E-state index is 0.975. The molecule has 1 aliphatic carbocycles. The fourth-order valence-corrected chi connectivity index (χ4v) is 5.25. The quantitative estimate of drug-likeness (QED) is 0.375. The highest BCUT2D eigenvalue weighted by atomic mass is 32.1. The Morgan fingerprint density at radius 1 is 0.958 bits per heavy atom. The van der Waals surface area contributed by atoms with Crippen molar-refractivity contribution in [3.05, 3.63) is 16.6 Å². The molecule has 24 heavy (non-hydrogen) atoms. The lowest BCUT2D eigenvalue weighted by Crippen LogP contribution is -2.18. The number of rotatable bonds is 11. The fourth-order valence-electron chi connectivity index (χ4n) is 4.46. The van der Waals surface area contributed by atoms with Crippen LogP contribution < -0.4 is 0 Å². The van der Waals surface area contributed by atoms with Gasteiger partial charge in [0.2, 0.25) is 0 Å². The standard InChI is InChI=1S/C22H39NS/c1-3-5-7-8-10-13-19(12-9-6-4-2)20-14-11-15-21-18-23-24-22(21)17-16-20/h18-20H,3-17H2,1-2H3/t19-,20?/m1/s1. The van der Waals surface area contributed by atoms with E-state index in [-0.39, 0.29) is 0 Å². The molecule has 1 aromatic heterocycles. The highest BCUT2D eigenvalue weighted by Crippen LogP contribution is 2.35. The van der Waals surface area contributed by atoms with E-state index in [1.165, 1.54) is 96.3 Å². The van der Waals surface area contributed by atoms with Gasteiger partial charge in [-0.3, -0.25) is 0 Å². The lowest BCUT2D eigenvalue weighted by Gasteiger charge is -2.29. The van der Waals surface area contributed by atoms with Gasteiger partial charge in [0.1, 0.15) is 0 Å². The molecule has 1 aromatic rings. The summed E-state index contributed by atoms with van der Waals surface area (Å²) in [6.45, 7) is 4.65. The molecule has 0 spiro atoms. The number of hydrogen-bond donors (Lipinski definition) is 0. The molecule has 0 saturated carbocycles. The highest BCUT2D eigenvalue weighted by molar-refractivity contribution is 7.05. The van der Waals surface area contributed by atoms with E-state index in [0.29, 0.717) is 0 Å². The molecule has 0 aliphatic heterocycles. The number of aromatic nitrogens is 1. The van der Waals surface area contributed by atoms with E-state index in [4.69, 9.17) is 0 Å². The zero-order valence-electron chi connectivity index (χ0n) is 16.2. The molecule has 2 heteroatoms. The monoisotopic (exact) mass is 349 g/mol. The molecule has 2 rings (SSSR count). The Morgan fingerprint density at radius 2 is 1.67 bits per heavy atom. The zero-order valence-corrected chi connectivity index (χ0v) is 17.0. The maximum absolute atomic E-state index is 4.44. The van der Waals surface area contributed by atoms with E-state index in [0.717, 1.165) is 11.8 Å². The first-order chi connectivity index (χ1) is 11.8. The van der Waals surface area contributed by atoms with E-state index in [2.05, 4.69) is 24.4 Å². The maximum Gasteiger partial charge on any atom is 0.0441 e. The summed E-state index contributed by atoms with van der Waals surface area (Å²) in [7, 11) is 0. The van der Waals surface area contributed by atoms with Gasteiger partial charge in [-0.1, -0.05) is 78.1 Å². The third kappa shape index (κ3) is 6.86. The van der Waals surface area contributed by atoms with Gasteiger partial charge in [-0.15, -0.1) is 0 Å². The highest BCUT2D eigenvalue weighted by Gasteiger charge is 2.23. The van der Waals surface area contributed by atoms with Gasteiger partial charge < -0.3 is 0 Å². The second-order valence-electron chi connectivity index (χ2n) is 7.92. The molecule has 2 atom stereocenters. The molecule has 0 bridgehead atoms. The van der Waals surface area contributed by atoms with Crippen molar-refractivity contribution in [3.8, 4) is 0 Å². The lowest BCUT2D eigenvalue weighted by atomic mass is 9.77. The van der Waals surface area contributed by atoms with Gasteiger partial charge in [-0.25, -0.2) is 4.37 Å². The van der Waals surface area contributed by atoms with E-state index in [9.17, 15) is 0 Å². The van der Waals surface area contributed by atoms with Gasteiger partial charge >= 0.3 is 0 Å². The first-order valence-corrected chi connectivity index (χ1v) is 11.5. The average Bonchev–Trinajstić information content (AvgIpc) is 3.00. The molecule has 1 heterocycles. The second-order valence-corrected chi connectivity index (χ2v) is 8.81. The summed E-state index contributed by atoms with van der Waals surface area (Å²) in [5.41, 5.74) is 1.56. The number of nitrogens with zero attached hydrogens (tertiary/aromatic N) is 1. The Labute approximate surface area is 154 Å². The smallest absolute Gasteiger partial charge is 0.0441 e. The normalized spacial score (nSPS) is 19.5. The van der Waals surface area contributed by atoms with Gasteiger partial charge in [0, 0.05) is 11.1 Å². The van der Waals surface area contributed by atoms with Crippen molar-refractivity contribution in [2.75, 3.05) is 0 Å². The molecule has 0 amide bonds. The molecular formula is C22H39NS. The lowest BCUT2D eigenvalue weighted by molar-refractivity contribution is 0.243. The first-order valence-electron chi connectivity index (χ1n) is 10.8. The molecule has 0 N–H and O–H groups in total. The van der Waals surface area contributed by atoms with E-state index in [1.807, 2.05) is 0 Å². The van der Waals surface area contributed by atoms with Crippen molar-refractivity contribution in [3.63, 3.8) is 0 Å². The molecule has 138 valence electrons. The first kappa shape index (κ1) is 19.9. The van der Waals surface area contributed by atoms with Crippen LogP contribution in [0, 0.1) is 11.8 Å². The topological polar surface area (TPSA) is 12.9 Å². The zero-order chi connectivity index (χ0) is 17.0. The SMILES string of the molecule is CCCCCCC[C@@H](CCCCC)C1CCCc2cnsc2CC1.